The Balaban J connectivity index is 2.43. The van der Waals surface area contributed by atoms with Gasteiger partial charge in [-0.3, -0.25) is 14.1 Å². The molecular weight excluding hydrogens is 653 g/mol. The monoisotopic (exact) mass is 687 g/mol. The maximum atomic E-state index is 15.9. The Hall–Kier alpha value is -2.75. The molecule has 0 bridgehead atoms. The third kappa shape index (κ3) is 7.72. The Labute approximate surface area is 266 Å². The maximum Gasteiger partial charge on any atom is 0.263 e. The summed E-state index contributed by atoms with van der Waals surface area (Å²) in [6.07, 6.45) is 1.41. The van der Waals surface area contributed by atoms with Gasteiger partial charge in [-0.25, -0.2) is 30.3 Å². The first kappa shape index (κ1) is 35.7. The minimum atomic E-state index is -3.98. The minimum absolute atomic E-state index is 0.0405. The summed E-state index contributed by atoms with van der Waals surface area (Å²) in [5.74, 6) is -2.15. The first-order valence-corrected chi connectivity index (χ1v) is 17.7. The van der Waals surface area contributed by atoms with Gasteiger partial charge < -0.3 is 4.57 Å². The molecule has 3 aromatic rings. The summed E-state index contributed by atoms with van der Waals surface area (Å²) in [7, 11) is -4.09. The van der Waals surface area contributed by atoms with Gasteiger partial charge in [0, 0.05) is 52.8 Å². The first-order chi connectivity index (χ1) is 20.3. The zero-order valence-electron chi connectivity index (χ0n) is 25.3. The Morgan fingerprint density at radius 2 is 1.70 bits per heavy atom. The molecule has 0 amide bonds. The number of rotatable bonds is 11. The molecule has 0 aliphatic rings. The highest BCUT2D eigenvalue weighted by molar-refractivity contribution is 7.93. The molecule has 0 aliphatic heterocycles. The fraction of sp³-hybridized carbons (Fsp3) is 0.379. The highest BCUT2D eigenvalue weighted by atomic mass is 35.5. The van der Waals surface area contributed by atoms with Crippen LogP contribution in [-0.2, 0) is 39.1 Å². The predicted molar refractivity (Wildman–Crippen MR) is 174 cm³/mol. The number of hydrogen-bond acceptors (Lipinski definition) is 6. The van der Waals surface area contributed by atoms with Gasteiger partial charge >= 0.3 is 0 Å². The third-order valence-corrected chi connectivity index (χ3v) is 11.9. The number of nitrogens with one attached hydrogen (secondary N) is 1. The fourth-order valence-electron chi connectivity index (χ4n) is 4.32. The van der Waals surface area contributed by atoms with Crippen molar-refractivity contribution in [3.63, 3.8) is 0 Å². The van der Waals surface area contributed by atoms with E-state index in [1.807, 2.05) is 0 Å². The predicted octanol–water partition coefficient (Wildman–Crippen LogP) is 4.91. The van der Waals surface area contributed by atoms with Gasteiger partial charge in [-0.05, 0) is 82.1 Å². The van der Waals surface area contributed by atoms with Crippen LogP contribution in [0.15, 0.2) is 53.5 Å². The lowest BCUT2D eigenvalue weighted by molar-refractivity contribution is 0.103. The van der Waals surface area contributed by atoms with E-state index >= 15 is 4.39 Å². The van der Waals surface area contributed by atoms with E-state index in [0.29, 0.717) is 14.9 Å². The molecule has 15 heteroatoms. The number of ketones is 1. The quantitative estimate of drug-likeness (QED) is 0.215. The number of aromatic nitrogens is 1. The number of benzene rings is 2. The molecule has 0 saturated carbocycles. The van der Waals surface area contributed by atoms with Crippen LogP contribution < -0.4 is 14.6 Å². The van der Waals surface area contributed by atoms with Crippen molar-refractivity contribution in [2.75, 3.05) is 10.1 Å². The van der Waals surface area contributed by atoms with E-state index in [1.54, 1.807) is 27.7 Å². The largest absolute Gasteiger partial charge is 0.318 e. The van der Waals surface area contributed by atoms with Crippen LogP contribution in [0.5, 0.6) is 0 Å². The van der Waals surface area contributed by atoms with Crippen molar-refractivity contribution in [1.29, 1.82) is 0 Å². The average molecular weight is 688 g/mol. The molecule has 4 atom stereocenters. The lowest BCUT2D eigenvalue weighted by Gasteiger charge is -2.28. The van der Waals surface area contributed by atoms with Crippen LogP contribution in [-0.4, -0.2) is 47.6 Å². The first-order valence-electron chi connectivity index (χ1n) is 13.4. The summed E-state index contributed by atoms with van der Waals surface area (Å²) in [6.45, 7) is 9.46. The highest BCUT2D eigenvalue weighted by Gasteiger charge is 2.34. The van der Waals surface area contributed by atoms with E-state index in [0.717, 1.165) is 19.1 Å². The zero-order valence-corrected chi connectivity index (χ0v) is 28.5. The number of anilines is 1. The van der Waals surface area contributed by atoms with Gasteiger partial charge in [-0.15, -0.1) is 0 Å². The van der Waals surface area contributed by atoms with Crippen molar-refractivity contribution in [2.45, 2.75) is 57.7 Å². The average Bonchev–Trinajstić information content (AvgIpc) is 2.94. The Kier molecular flexibility index (Phi) is 11.1. The summed E-state index contributed by atoms with van der Waals surface area (Å²) in [4.78, 5) is 26.6. The number of nitrogens with zero attached hydrogens (tertiary/aromatic N) is 2. The minimum Gasteiger partial charge on any atom is -0.318 e. The van der Waals surface area contributed by atoms with Gasteiger partial charge in [0.25, 0.3) is 16.8 Å². The second kappa shape index (κ2) is 13.7. The number of carbonyl (C=O) groups excluding carboxylic acids is 1. The number of aryl methyl sites for hydroxylation is 1. The van der Waals surface area contributed by atoms with E-state index in [2.05, 4.69) is 4.72 Å². The van der Waals surface area contributed by atoms with Crippen molar-refractivity contribution in [1.82, 2.24) is 9.29 Å². The lowest BCUT2D eigenvalue weighted by Crippen LogP contribution is -2.41. The van der Waals surface area contributed by atoms with E-state index < -0.39 is 71.1 Å². The summed E-state index contributed by atoms with van der Waals surface area (Å²) in [6, 6.07) is 8.41. The van der Waals surface area contributed by atoms with Crippen LogP contribution in [0.3, 0.4) is 0 Å². The molecule has 10 nitrogen and oxygen atoms in total. The van der Waals surface area contributed by atoms with Crippen LogP contribution in [0.2, 0.25) is 5.02 Å². The number of carbonyl (C=O) groups is 1. The molecular formula is C29H35ClFN3O7S3. The van der Waals surface area contributed by atoms with E-state index in [-0.39, 0.29) is 28.0 Å². The number of halogens is 2. The number of hydrogen-bond donors (Lipinski definition) is 2. The van der Waals surface area contributed by atoms with Crippen LogP contribution in [0.1, 0.15) is 69.1 Å². The van der Waals surface area contributed by atoms with Crippen LogP contribution >= 0.6 is 11.6 Å². The normalized spacial score (nSPS) is 15.0. The molecule has 2 aromatic carbocycles. The third-order valence-electron chi connectivity index (χ3n) is 6.95. The standard InChI is InChI=1S/C29H35ClFN3O7S3/c1-8-44(40,41)18(3)34(43(38)39)26-14-22(23(13-25(26)31)28(36)19-9-11-20(30)12-10-19)24-16-33(7)27(35)15-21(24)17(2)32-42(37)29(4,5)6/h9-18,32H,8H2,1-7H3,(H,38,39)/t17-,18?,42?/m0/s1. The highest BCUT2D eigenvalue weighted by Crippen LogP contribution is 2.37. The van der Waals surface area contributed by atoms with Gasteiger partial charge in [-0.2, -0.15) is 0 Å². The van der Waals surface area contributed by atoms with Crippen LogP contribution in [0.4, 0.5) is 10.1 Å². The molecule has 0 spiro atoms. The van der Waals surface area contributed by atoms with Crippen molar-refractivity contribution in [2.24, 2.45) is 7.05 Å². The Bertz CT molecular complexity index is 1790. The number of pyridine rings is 1. The molecule has 1 aromatic heterocycles. The lowest BCUT2D eigenvalue weighted by atomic mass is 9.90. The molecule has 0 aliphatic carbocycles. The Morgan fingerprint density at radius 1 is 1.11 bits per heavy atom. The van der Waals surface area contributed by atoms with Gasteiger partial charge in [0.15, 0.2) is 15.6 Å². The number of sulfone groups is 1. The molecule has 0 radical (unpaired) electrons. The Morgan fingerprint density at radius 3 is 2.23 bits per heavy atom. The maximum absolute atomic E-state index is 15.9. The molecule has 3 rings (SSSR count). The van der Waals surface area contributed by atoms with E-state index in [9.17, 15) is 31.0 Å². The van der Waals surface area contributed by atoms with E-state index in [1.165, 1.54) is 55.1 Å². The van der Waals surface area contributed by atoms with Crippen molar-refractivity contribution >= 4 is 55.2 Å². The van der Waals surface area contributed by atoms with Crippen molar-refractivity contribution < 1.29 is 30.6 Å². The molecule has 0 fully saturated rings. The topological polar surface area (TPSA) is 143 Å². The second-order valence-electron chi connectivity index (χ2n) is 11.1. The zero-order chi connectivity index (χ0) is 33.3. The molecule has 3 unspecified atom stereocenters. The molecule has 44 heavy (non-hydrogen) atoms. The summed E-state index contributed by atoms with van der Waals surface area (Å²) in [5.41, 5.74) is -0.417. The SMILES string of the molecule is CCS(=O)(=O)C(C)N(c1cc(-c2cn(C)c(=O)cc2[C@H](C)NS(=O)C(C)(C)C)c(C(=O)c2ccc(Cl)cc2)cc1F)S(=O)O. The second-order valence-corrected chi connectivity index (χ2v) is 17.0. The van der Waals surface area contributed by atoms with E-state index in [4.69, 9.17) is 11.6 Å². The summed E-state index contributed by atoms with van der Waals surface area (Å²) in [5, 5.41) is -1.25. The molecule has 1 heterocycles. The van der Waals surface area contributed by atoms with Crippen LogP contribution in [0, 0.1) is 5.82 Å². The van der Waals surface area contributed by atoms with Crippen molar-refractivity contribution in [3.8, 4) is 11.1 Å². The summed E-state index contributed by atoms with van der Waals surface area (Å²) >= 11 is 3.00. The summed E-state index contributed by atoms with van der Waals surface area (Å²) < 4.78 is 81.0. The van der Waals surface area contributed by atoms with Gasteiger partial charge in [0.1, 0.15) is 11.2 Å². The van der Waals surface area contributed by atoms with Gasteiger partial charge in [0.2, 0.25) is 0 Å². The van der Waals surface area contributed by atoms with Crippen LogP contribution in [0.25, 0.3) is 11.1 Å². The van der Waals surface area contributed by atoms with Crippen molar-refractivity contribution in [3.05, 3.63) is 86.5 Å². The van der Waals surface area contributed by atoms with Gasteiger partial charge in [0.05, 0.1) is 21.4 Å². The molecule has 240 valence electrons. The molecule has 0 saturated heterocycles. The smallest absolute Gasteiger partial charge is 0.263 e. The molecule has 2 N–H and O–H groups in total. The van der Waals surface area contributed by atoms with Gasteiger partial charge in [-0.1, -0.05) is 18.5 Å². The fourth-order valence-corrected chi connectivity index (χ4v) is 7.31.